The summed E-state index contributed by atoms with van der Waals surface area (Å²) in [5.41, 5.74) is 2.29. The van der Waals surface area contributed by atoms with Crippen LogP contribution >= 0.6 is 0 Å². The molecule has 0 fully saturated rings. The Morgan fingerprint density at radius 1 is 1.29 bits per heavy atom. The molecular formula is C13H12O. The van der Waals surface area contributed by atoms with E-state index in [-0.39, 0.29) is 0 Å². The van der Waals surface area contributed by atoms with E-state index in [0.717, 1.165) is 17.8 Å². The summed E-state index contributed by atoms with van der Waals surface area (Å²) in [7, 11) is 0. The zero-order chi connectivity index (χ0) is 9.54. The van der Waals surface area contributed by atoms with Crippen molar-refractivity contribution in [3.05, 3.63) is 41.7 Å². The summed E-state index contributed by atoms with van der Waals surface area (Å²) in [5, 5.41) is 1.24. The van der Waals surface area contributed by atoms with Crippen LogP contribution in [0, 0.1) is 0 Å². The lowest BCUT2D eigenvalue weighted by molar-refractivity contribution is 0.504. The van der Waals surface area contributed by atoms with Gasteiger partial charge in [-0.25, -0.2) is 0 Å². The third-order valence-electron chi connectivity index (χ3n) is 2.88. The van der Waals surface area contributed by atoms with E-state index in [2.05, 4.69) is 31.2 Å². The number of rotatable bonds is 0. The van der Waals surface area contributed by atoms with E-state index in [1.165, 1.54) is 10.9 Å². The third kappa shape index (κ3) is 0.955. The fourth-order valence-electron chi connectivity index (χ4n) is 2.12. The van der Waals surface area contributed by atoms with Crippen molar-refractivity contribution < 1.29 is 4.42 Å². The van der Waals surface area contributed by atoms with Crippen LogP contribution in [-0.2, 0) is 0 Å². The predicted molar refractivity (Wildman–Crippen MR) is 58.3 cm³/mol. The highest BCUT2D eigenvalue weighted by Gasteiger charge is 2.19. The number of allylic oxidation sites excluding steroid dienone is 1. The molecule has 70 valence electrons. The molecule has 0 bridgehead atoms. The van der Waals surface area contributed by atoms with Gasteiger partial charge in [-0.3, -0.25) is 0 Å². The number of hydrogen-bond acceptors (Lipinski definition) is 1. The van der Waals surface area contributed by atoms with Crippen LogP contribution in [0.25, 0.3) is 17.0 Å². The van der Waals surface area contributed by atoms with Gasteiger partial charge in [0.1, 0.15) is 11.3 Å². The molecule has 0 saturated carbocycles. The molecule has 14 heavy (non-hydrogen) atoms. The molecule has 0 saturated heterocycles. The van der Waals surface area contributed by atoms with Crippen LogP contribution in [0.1, 0.15) is 30.6 Å². The van der Waals surface area contributed by atoms with Crippen molar-refractivity contribution in [3.63, 3.8) is 0 Å². The monoisotopic (exact) mass is 184 g/mol. The Morgan fingerprint density at radius 3 is 3.07 bits per heavy atom. The Hall–Kier alpha value is -1.50. The van der Waals surface area contributed by atoms with E-state index >= 15 is 0 Å². The van der Waals surface area contributed by atoms with Crippen LogP contribution in [0.5, 0.6) is 0 Å². The highest BCUT2D eigenvalue weighted by atomic mass is 16.3. The molecular weight excluding hydrogens is 172 g/mol. The first-order valence-electron chi connectivity index (χ1n) is 5.04. The number of hydrogen-bond donors (Lipinski definition) is 0. The van der Waals surface area contributed by atoms with Gasteiger partial charge in [0.2, 0.25) is 0 Å². The molecule has 0 spiro atoms. The predicted octanol–water partition coefficient (Wildman–Crippen LogP) is 3.95. The SMILES string of the molecule is C[C@H]1CC=Cc2c1oc1ccccc21. The lowest BCUT2D eigenvalue weighted by Crippen LogP contribution is -1.95. The van der Waals surface area contributed by atoms with Gasteiger partial charge in [-0.2, -0.15) is 0 Å². The minimum atomic E-state index is 0.516. The van der Waals surface area contributed by atoms with E-state index in [9.17, 15) is 0 Å². The number of fused-ring (bicyclic) bond motifs is 3. The van der Waals surface area contributed by atoms with Crippen molar-refractivity contribution in [2.45, 2.75) is 19.3 Å². The highest BCUT2D eigenvalue weighted by Crippen LogP contribution is 2.36. The van der Waals surface area contributed by atoms with Crippen LogP contribution in [0.2, 0.25) is 0 Å². The fraction of sp³-hybridized carbons (Fsp3) is 0.231. The summed E-state index contributed by atoms with van der Waals surface area (Å²) in [4.78, 5) is 0. The molecule has 0 amide bonds. The molecule has 0 unspecified atom stereocenters. The zero-order valence-electron chi connectivity index (χ0n) is 8.16. The molecule has 1 heteroatoms. The van der Waals surface area contributed by atoms with Gasteiger partial charge in [0.25, 0.3) is 0 Å². The third-order valence-corrected chi connectivity index (χ3v) is 2.88. The number of furan rings is 1. The Balaban J connectivity index is 2.39. The summed E-state index contributed by atoms with van der Waals surface area (Å²) in [5.74, 6) is 1.66. The second kappa shape index (κ2) is 2.74. The van der Waals surface area contributed by atoms with Gasteiger partial charge < -0.3 is 4.42 Å². The second-order valence-electron chi connectivity index (χ2n) is 3.92. The van der Waals surface area contributed by atoms with Crippen molar-refractivity contribution in [1.29, 1.82) is 0 Å². The molecule has 1 aromatic heterocycles. The minimum absolute atomic E-state index is 0.516. The maximum atomic E-state index is 5.85. The van der Waals surface area contributed by atoms with Crippen molar-refractivity contribution in [2.24, 2.45) is 0 Å². The molecule has 1 aromatic carbocycles. The lowest BCUT2D eigenvalue weighted by Gasteiger charge is -2.10. The van der Waals surface area contributed by atoms with Crippen molar-refractivity contribution >= 4 is 17.0 Å². The van der Waals surface area contributed by atoms with Crippen molar-refractivity contribution in [1.82, 2.24) is 0 Å². The van der Waals surface area contributed by atoms with E-state index in [4.69, 9.17) is 4.42 Å². The molecule has 0 radical (unpaired) electrons. The first-order valence-corrected chi connectivity index (χ1v) is 5.04. The number of para-hydroxylation sites is 1. The molecule has 1 nitrogen and oxygen atoms in total. The smallest absolute Gasteiger partial charge is 0.134 e. The Morgan fingerprint density at radius 2 is 2.14 bits per heavy atom. The summed E-state index contributed by atoms with van der Waals surface area (Å²) < 4.78 is 5.85. The molecule has 1 aliphatic carbocycles. The average Bonchev–Trinajstić information content (AvgIpc) is 2.59. The first-order chi connectivity index (χ1) is 6.86. The van der Waals surface area contributed by atoms with E-state index in [1.54, 1.807) is 0 Å². The molecule has 1 atom stereocenters. The quantitative estimate of drug-likeness (QED) is 0.604. The van der Waals surface area contributed by atoms with E-state index < -0.39 is 0 Å². The van der Waals surface area contributed by atoms with Crippen molar-refractivity contribution in [2.75, 3.05) is 0 Å². The molecule has 0 aliphatic heterocycles. The Kier molecular flexibility index (Phi) is 1.54. The van der Waals surface area contributed by atoms with Gasteiger partial charge in [-0.05, 0) is 12.5 Å². The summed E-state index contributed by atoms with van der Waals surface area (Å²) in [6.45, 7) is 2.21. The van der Waals surface area contributed by atoms with Gasteiger partial charge in [0, 0.05) is 16.9 Å². The highest BCUT2D eigenvalue weighted by molar-refractivity contribution is 5.89. The Labute approximate surface area is 83.0 Å². The van der Waals surface area contributed by atoms with Crippen LogP contribution in [0.4, 0.5) is 0 Å². The van der Waals surface area contributed by atoms with Crippen LogP contribution in [0.15, 0.2) is 34.8 Å². The average molecular weight is 184 g/mol. The normalized spacial score (nSPS) is 19.9. The van der Waals surface area contributed by atoms with Gasteiger partial charge in [0.05, 0.1) is 0 Å². The first kappa shape index (κ1) is 7.86. The van der Waals surface area contributed by atoms with Gasteiger partial charge >= 0.3 is 0 Å². The maximum absolute atomic E-state index is 5.85. The van der Waals surface area contributed by atoms with Crippen LogP contribution in [-0.4, -0.2) is 0 Å². The van der Waals surface area contributed by atoms with Crippen LogP contribution in [0.3, 0.4) is 0 Å². The summed E-state index contributed by atoms with van der Waals surface area (Å²) in [6, 6.07) is 8.24. The van der Waals surface area contributed by atoms with Crippen molar-refractivity contribution in [3.8, 4) is 0 Å². The fourth-order valence-corrected chi connectivity index (χ4v) is 2.12. The lowest BCUT2D eigenvalue weighted by atomic mass is 9.94. The zero-order valence-corrected chi connectivity index (χ0v) is 8.16. The summed E-state index contributed by atoms with van der Waals surface area (Å²) >= 11 is 0. The van der Waals surface area contributed by atoms with E-state index in [0.29, 0.717) is 5.92 Å². The second-order valence-corrected chi connectivity index (χ2v) is 3.92. The molecule has 2 aromatic rings. The molecule has 3 rings (SSSR count). The van der Waals surface area contributed by atoms with Gasteiger partial charge in [-0.1, -0.05) is 37.3 Å². The molecule has 1 heterocycles. The van der Waals surface area contributed by atoms with Crippen LogP contribution < -0.4 is 0 Å². The summed E-state index contributed by atoms with van der Waals surface area (Å²) in [6.07, 6.45) is 5.50. The topological polar surface area (TPSA) is 13.1 Å². The minimum Gasteiger partial charge on any atom is -0.460 e. The maximum Gasteiger partial charge on any atom is 0.134 e. The van der Waals surface area contributed by atoms with E-state index in [1.807, 2.05) is 12.1 Å². The van der Waals surface area contributed by atoms with Gasteiger partial charge in [-0.15, -0.1) is 0 Å². The Bertz CT molecular complexity index is 505. The number of benzene rings is 1. The standard InChI is InChI=1S/C13H12O/c1-9-5-4-7-11-10-6-2-3-8-12(10)14-13(9)11/h2-4,6-9H,5H2,1H3/t9-/m0/s1. The molecule has 0 N–H and O–H groups in total. The largest absolute Gasteiger partial charge is 0.460 e. The van der Waals surface area contributed by atoms with Gasteiger partial charge in [0.15, 0.2) is 0 Å². The molecule has 1 aliphatic rings.